The van der Waals surface area contributed by atoms with Gasteiger partial charge in [0.05, 0.1) is 10.6 Å². The van der Waals surface area contributed by atoms with E-state index in [1.807, 2.05) is 32.0 Å². The van der Waals surface area contributed by atoms with Gasteiger partial charge in [0.15, 0.2) is 0 Å². The van der Waals surface area contributed by atoms with Crippen LogP contribution in [-0.4, -0.2) is 55.2 Å². The highest BCUT2D eigenvalue weighted by Gasteiger charge is 2.48. The minimum absolute atomic E-state index is 0.0395. The second-order valence-corrected chi connectivity index (χ2v) is 9.88. The molecule has 0 aliphatic carbocycles. The number of hydrogen-bond acceptors (Lipinski definition) is 4. The van der Waals surface area contributed by atoms with E-state index >= 15 is 0 Å². The highest BCUT2D eigenvalue weighted by Crippen LogP contribution is 2.29. The summed E-state index contributed by atoms with van der Waals surface area (Å²) in [6.45, 7) is 4.68. The zero-order chi connectivity index (χ0) is 21.5. The molecule has 2 aromatic carbocycles. The molecule has 1 atom stereocenters. The molecule has 30 heavy (non-hydrogen) atoms. The third-order valence-corrected chi connectivity index (χ3v) is 7.58. The molecule has 2 aliphatic rings. The number of imide groups is 1. The summed E-state index contributed by atoms with van der Waals surface area (Å²) in [5.74, 6) is -0.0805. The van der Waals surface area contributed by atoms with E-state index in [1.165, 1.54) is 9.21 Å². The van der Waals surface area contributed by atoms with E-state index in [1.54, 1.807) is 36.4 Å². The molecule has 2 saturated heterocycles. The molecular formula is C22H25N3O4S. The second kappa shape index (κ2) is 7.85. The predicted octanol–water partition coefficient (Wildman–Crippen LogP) is 3.04. The Labute approximate surface area is 176 Å². The lowest BCUT2D eigenvalue weighted by Gasteiger charge is -2.23. The van der Waals surface area contributed by atoms with Crippen LogP contribution in [0.4, 0.5) is 10.5 Å². The summed E-state index contributed by atoms with van der Waals surface area (Å²) < 4.78 is 27.8. The van der Waals surface area contributed by atoms with Crippen molar-refractivity contribution in [1.82, 2.24) is 9.21 Å². The topological polar surface area (TPSA) is 78.0 Å². The molecule has 0 aromatic heterocycles. The van der Waals surface area contributed by atoms with Crippen LogP contribution in [0, 0.1) is 0 Å². The van der Waals surface area contributed by atoms with Crippen LogP contribution in [0.15, 0.2) is 59.5 Å². The lowest BCUT2D eigenvalue weighted by molar-refractivity contribution is -0.119. The molecule has 0 saturated carbocycles. The Kier molecular flexibility index (Phi) is 5.38. The Morgan fingerprint density at radius 1 is 0.933 bits per heavy atom. The molecule has 1 unspecified atom stereocenters. The van der Waals surface area contributed by atoms with Gasteiger partial charge in [0.25, 0.3) is 5.91 Å². The number of carbonyl (C=O) groups is 2. The molecule has 8 heteroatoms. The largest absolute Gasteiger partial charge is 0.332 e. The lowest BCUT2D eigenvalue weighted by Crippen LogP contribution is -2.43. The highest BCUT2D eigenvalue weighted by molar-refractivity contribution is 7.89. The molecule has 0 N–H and O–H groups in total. The number of hydrogen-bond donors (Lipinski definition) is 0. The summed E-state index contributed by atoms with van der Waals surface area (Å²) in [5.41, 5.74) is 1.56. The van der Waals surface area contributed by atoms with Crippen molar-refractivity contribution in [2.75, 3.05) is 24.5 Å². The maximum absolute atomic E-state index is 13.2. The zero-order valence-corrected chi connectivity index (χ0v) is 17.9. The van der Waals surface area contributed by atoms with Gasteiger partial charge in [0, 0.05) is 19.6 Å². The Balaban J connectivity index is 1.61. The number of sulfonamides is 1. The van der Waals surface area contributed by atoms with Crippen LogP contribution < -0.4 is 4.90 Å². The van der Waals surface area contributed by atoms with E-state index in [9.17, 15) is 18.0 Å². The third-order valence-electron chi connectivity index (χ3n) is 5.70. The van der Waals surface area contributed by atoms with Gasteiger partial charge in [-0.05, 0) is 42.2 Å². The van der Waals surface area contributed by atoms with Gasteiger partial charge in [-0.3, -0.25) is 4.79 Å². The van der Waals surface area contributed by atoms with Crippen LogP contribution in [0.2, 0.25) is 0 Å². The lowest BCUT2D eigenvalue weighted by atomic mass is 10.0. The van der Waals surface area contributed by atoms with Gasteiger partial charge in [-0.1, -0.05) is 44.2 Å². The number of carbonyl (C=O) groups excluding carboxylic acids is 2. The van der Waals surface area contributed by atoms with Crippen molar-refractivity contribution in [3.05, 3.63) is 60.2 Å². The van der Waals surface area contributed by atoms with Crippen molar-refractivity contribution in [2.24, 2.45) is 0 Å². The SMILES string of the molecule is CC(C)c1ccc(S(=O)(=O)N2CCCN3C(=O)N(c4ccccc4)C(=O)C3C2)cc1. The molecule has 2 aromatic rings. The zero-order valence-electron chi connectivity index (χ0n) is 17.1. The smallest absolute Gasteiger partial charge is 0.311 e. The second-order valence-electron chi connectivity index (χ2n) is 7.94. The van der Waals surface area contributed by atoms with Gasteiger partial charge in [0.2, 0.25) is 10.0 Å². The van der Waals surface area contributed by atoms with Crippen molar-refractivity contribution in [2.45, 2.75) is 37.1 Å². The monoisotopic (exact) mass is 427 g/mol. The number of amides is 3. The number of urea groups is 1. The minimum atomic E-state index is -3.76. The average molecular weight is 428 g/mol. The van der Waals surface area contributed by atoms with Gasteiger partial charge in [-0.15, -0.1) is 0 Å². The summed E-state index contributed by atoms with van der Waals surface area (Å²) in [6, 6.07) is 14.4. The fourth-order valence-electron chi connectivity index (χ4n) is 3.97. The van der Waals surface area contributed by atoms with E-state index in [4.69, 9.17) is 0 Å². The fourth-order valence-corrected chi connectivity index (χ4v) is 5.46. The highest BCUT2D eigenvalue weighted by atomic mass is 32.2. The molecule has 2 aliphatic heterocycles. The van der Waals surface area contributed by atoms with Crippen molar-refractivity contribution in [1.29, 1.82) is 0 Å². The molecule has 0 bridgehead atoms. The normalized spacial score (nSPS) is 20.6. The Hall–Kier alpha value is -2.71. The number of para-hydroxylation sites is 1. The first-order valence-electron chi connectivity index (χ1n) is 10.1. The molecule has 2 heterocycles. The van der Waals surface area contributed by atoms with E-state index < -0.39 is 22.1 Å². The summed E-state index contributed by atoms with van der Waals surface area (Å²) >= 11 is 0. The van der Waals surface area contributed by atoms with E-state index in [0.717, 1.165) is 10.5 Å². The first-order chi connectivity index (χ1) is 14.3. The van der Waals surface area contributed by atoms with Crippen LogP contribution in [0.5, 0.6) is 0 Å². The molecule has 0 radical (unpaired) electrons. The summed E-state index contributed by atoms with van der Waals surface area (Å²) in [5, 5.41) is 0. The molecule has 7 nitrogen and oxygen atoms in total. The van der Waals surface area contributed by atoms with Crippen LogP contribution >= 0.6 is 0 Å². The first kappa shape index (κ1) is 20.6. The third kappa shape index (κ3) is 3.50. The van der Waals surface area contributed by atoms with Crippen molar-refractivity contribution in [3.8, 4) is 0 Å². The molecule has 0 spiro atoms. The number of fused-ring (bicyclic) bond motifs is 1. The van der Waals surface area contributed by atoms with Crippen LogP contribution in [-0.2, 0) is 14.8 Å². The molecular weight excluding hydrogens is 402 g/mol. The molecule has 158 valence electrons. The average Bonchev–Trinajstić information content (AvgIpc) is 2.90. The standard InChI is InChI=1S/C22H25N3O4S/c1-16(2)17-9-11-19(12-10-17)30(28,29)23-13-6-14-24-20(15-23)21(26)25(22(24)27)18-7-4-3-5-8-18/h3-5,7-12,16,20H,6,13-15H2,1-2H3. The maximum Gasteiger partial charge on any atom is 0.332 e. The fraction of sp³-hybridized carbons (Fsp3) is 0.364. The van der Waals surface area contributed by atoms with Gasteiger partial charge >= 0.3 is 6.03 Å². The van der Waals surface area contributed by atoms with Gasteiger partial charge in [0.1, 0.15) is 6.04 Å². The number of anilines is 1. The van der Waals surface area contributed by atoms with Crippen molar-refractivity contribution >= 4 is 27.6 Å². The molecule has 3 amide bonds. The number of nitrogens with zero attached hydrogens (tertiary/aromatic N) is 3. The summed E-state index contributed by atoms with van der Waals surface area (Å²) in [7, 11) is -3.76. The Morgan fingerprint density at radius 2 is 1.60 bits per heavy atom. The van der Waals surface area contributed by atoms with E-state index in [2.05, 4.69) is 0 Å². The Morgan fingerprint density at radius 3 is 2.23 bits per heavy atom. The van der Waals surface area contributed by atoms with Gasteiger partial charge in [-0.2, -0.15) is 4.31 Å². The number of rotatable bonds is 4. The van der Waals surface area contributed by atoms with Crippen molar-refractivity contribution < 1.29 is 18.0 Å². The van der Waals surface area contributed by atoms with E-state index in [0.29, 0.717) is 24.6 Å². The molecule has 2 fully saturated rings. The van der Waals surface area contributed by atoms with Crippen LogP contribution in [0.3, 0.4) is 0 Å². The van der Waals surface area contributed by atoms with Gasteiger partial charge < -0.3 is 4.90 Å². The first-order valence-corrected chi connectivity index (χ1v) is 11.5. The Bertz CT molecular complexity index is 1050. The predicted molar refractivity (Wildman–Crippen MR) is 114 cm³/mol. The molecule has 4 rings (SSSR count). The summed E-state index contributed by atoms with van der Waals surface area (Å²) in [4.78, 5) is 28.8. The number of benzene rings is 2. The minimum Gasteiger partial charge on any atom is -0.311 e. The van der Waals surface area contributed by atoms with Crippen LogP contribution in [0.1, 0.15) is 31.7 Å². The quantitative estimate of drug-likeness (QED) is 0.703. The van der Waals surface area contributed by atoms with Gasteiger partial charge in [-0.25, -0.2) is 18.1 Å². The van der Waals surface area contributed by atoms with Crippen molar-refractivity contribution in [3.63, 3.8) is 0 Å². The van der Waals surface area contributed by atoms with E-state index in [-0.39, 0.29) is 23.9 Å². The van der Waals surface area contributed by atoms with Crippen LogP contribution in [0.25, 0.3) is 0 Å². The maximum atomic E-state index is 13.2. The summed E-state index contributed by atoms with van der Waals surface area (Å²) in [6.07, 6.45) is 0.474.